The molecule has 0 aromatic rings. The molecule has 0 aromatic carbocycles. The number of hydrogen-bond donors (Lipinski definition) is 2. The van der Waals surface area contributed by atoms with Crippen LogP contribution in [0.1, 0.15) is 26.2 Å². The van der Waals surface area contributed by atoms with E-state index in [1.165, 1.54) is 0 Å². The van der Waals surface area contributed by atoms with Crippen LogP contribution in [-0.2, 0) is 9.53 Å². The summed E-state index contributed by atoms with van der Waals surface area (Å²) in [5, 5.41) is 2.58. The van der Waals surface area contributed by atoms with Gasteiger partial charge in [0.2, 0.25) is 5.91 Å². The first-order chi connectivity index (χ1) is 9.09. The van der Waals surface area contributed by atoms with Gasteiger partial charge >= 0.3 is 0 Å². The number of carbonyl (C=O) groups excluding carboxylic acids is 1. The molecular formula is C15H22N2O2. The van der Waals surface area contributed by atoms with Gasteiger partial charge in [-0.1, -0.05) is 30.1 Å². The smallest absolute Gasteiger partial charge is 0.220 e. The van der Waals surface area contributed by atoms with Crippen LogP contribution in [0.4, 0.5) is 0 Å². The Hall–Kier alpha value is -1.57. The molecule has 1 aliphatic carbocycles. The van der Waals surface area contributed by atoms with E-state index in [0.29, 0.717) is 26.0 Å². The van der Waals surface area contributed by atoms with Crippen molar-refractivity contribution in [2.45, 2.75) is 31.8 Å². The fourth-order valence-corrected chi connectivity index (χ4v) is 1.82. The van der Waals surface area contributed by atoms with Gasteiger partial charge in [-0.25, -0.2) is 0 Å². The van der Waals surface area contributed by atoms with Crippen molar-refractivity contribution < 1.29 is 9.53 Å². The standard InChI is InChI=1S/C15H22N2O2/c1-15(19-11-10-16)9-5-7-13(12-15)6-3-4-8-14(18)17-2/h5,7,9H,4,8,10-12,16H2,1-2H3,(H,17,18). The molecule has 104 valence electrons. The number of nitrogens with one attached hydrogen (secondary N) is 1. The second-order valence-corrected chi connectivity index (χ2v) is 4.65. The predicted octanol–water partition coefficient (Wildman–Crippen LogP) is 1.14. The fraction of sp³-hybridized carbons (Fsp3) is 0.533. The molecule has 1 rings (SSSR count). The molecule has 0 aromatic heterocycles. The zero-order chi connectivity index (χ0) is 14.1. The molecule has 0 fully saturated rings. The minimum Gasteiger partial charge on any atom is -0.370 e. The topological polar surface area (TPSA) is 64.3 Å². The van der Waals surface area contributed by atoms with E-state index < -0.39 is 0 Å². The summed E-state index contributed by atoms with van der Waals surface area (Å²) in [7, 11) is 1.63. The van der Waals surface area contributed by atoms with Crippen molar-refractivity contribution in [3.05, 3.63) is 23.8 Å². The lowest BCUT2D eigenvalue weighted by Gasteiger charge is -2.28. The lowest BCUT2D eigenvalue weighted by molar-refractivity contribution is -0.120. The number of carbonyl (C=O) groups is 1. The van der Waals surface area contributed by atoms with E-state index in [4.69, 9.17) is 10.5 Å². The minimum atomic E-state index is -0.321. The highest BCUT2D eigenvalue weighted by Gasteiger charge is 2.24. The summed E-state index contributed by atoms with van der Waals surface area (Å²) in [5.74, 6) is 6.14. The van der Waals surface area contributed by atoms with E-state index in [1.807, 2.05) is 25.2 Å². The average molecular weight is 262 g/mol. The Bertz CT molecular complexity index is 429. The zero-order valence-electron chi connectivity index (χ0n) is 11.7. The quantitative estimate of drug-likeness (QED) is 0.730. The summed E-state index contributed by atoms with van der Waals surface area (Å²) in [4.78, 5) is 11.0. The third kappa shape index (κ3) is 5.73. The Labute approximate surface area is 115 Å². The number of allylic oxidation sites excluding steroid dienone is 2. The molecule has 0 saturated carbocycles. The normalized spacial score (nSPS) is 21.3. The second kappa shape index (κ2) is 7.78. The SMILES string of the molecule is CNC(=O)CCC#CC1=CC=CC(C)(OCCN)C1. The van der Waals surface area contributed by atoms with Crippen LogP contribution >= 0.6 is 0 Å². The van der Waals surface area contributed by atoms with Crippen LogP contribution in [0.2, 0.25) is 0 Å². The van der Waals surface area contributed by atoms with Gasteiger partial charge in [0.05, 0.1) is 12.2 Å². The van der Waals surface area contributed by atoms with Crippen molar-refractivity contribution in [3.63, 3.8) is 0 Å². The minimum absolute atomic E-state index is 0.0166. The van der Waals surface area contributed by atoms with Crippen molar-refractivity contribution in [2.75, 3.05) is 20.2 Å². The molecule has 0 bridgehead atoms. The number of hydrogen-bond acceptors (Lipinski definition) is 3. The Kier molecular flexibility index (Phi) is 6.34. The van der Waals surface area contributed by atoms with Gasteiger partial charge < -0.3 is 15.8 Å². The summed E-state index contributed by atoms with van der Waals surface area (Å²) in [6.45, 7) is 3.08. The first-order valence-electron chi connectivity index (χ1n) is 6.51. The molecule has 0 radical (unpaired) electrons. The van der Waals surface area contributed by atoms with Gasteiger partial charge in [-0.05, 0) is 6.92 Å². The molecular weight excluding hydrogens is 240 g/mol. The molecule has 0 aliphatic heterocycles. The van der Waals surface area contributed by atoms with Gasteiger partial charge in [0.1, 0.15) is 0 Å². The van der Waals surface area contributed by atoms with Gasteiger partial charge in [-0.15, -0.1) is 0 Å². The number of rotatable bonds is 5. The third-order valence-corrected chi connectivity index (χ3v) is 2.84. The van der Waals surface area contributed by atoms with Gasteiger partial charge in [-0.3, -0.25) is 4.79 Å². The molecule has 0 spiro atoms. The molecule has 0 heterocycles. The monoisotopic (exact) mass is 262 g/mol. The number of nitrogens with two attached hydrogens (primary N) is 1. The molecule has 4 nitrogen and oxygen atoms in total. The third-order valence-electron chi connectivity index (χ3n) is 2.84. The first kappa shape index (κ1) is 15.5. The number of ether oxygens (including phenoxy) is 1. The van der Waals surface area contributed by atoms with E-state index in [0.717, 1.165) is 12.0 Å². The summed E-state index contributed by atoms with van der Waals surface area (Å²) in [6, 6.07) is 0. The van der Waals surface area contributed by atoms with Gasteiger partial charge in [0.15, 0.2) is 0 Å². The molecule has 1 aliphatic rings. The summed E-state index contributed by atoms with van der Waals surface area (Å²) in [6.07, 6.45) is 7.73. The predicted molar refractivity (Wildman–Crippen MR) is 76.3 cm³/mol. The summed E-state index contributed by atoms with van der Waals surface area (Å²) >= 11 is 0. The Morgan fingerprint density at radius 1 is 1.63 bits per heavy atom. The van der Waals surface area contributed by atoms with Crippen LogP contribution < -0.4 is 11.1 Å². The van der Waals surface area contributed by atoms with Crippen molar-refractivity contribution in [1.29, 1.82) is 0 Å². The highest BCUT2D eigenvalue weighted by atomic mass is 16.5. The van der Waals surface area contributed by atoms with Crippen molar-refractivity contribution in [2.24, 2.45) is 5.73 Å². The van der Waals surface area contributed by atoms with Gasteiger partial charge in [0.25, 0.3) is 0 Å². The fourth-order valence-electron chi connectivity index (χ4n) is 1.82. The van der Waals surface area contributed by atoms with E-state index in [-0.39, 0.29) is 11.5 Å². The summed E-state index contributed by atoms with van der Waals surface area (Å²) < 4.78 is 5.73. The van der Waals surface area contributed by atoms with Crippen LogP contribution in [0.3, 0.4) is 0 Å². The maximum Gasteiger partial charge on any atom is 0.220 e. The average Bonchev–Trinajstić information content (AvgIpc) is 2.41. The molecule has 3 N–H and O–H groups in total. The molecule has 1 unspecified atom stereocenters. The van der Waals surface area contributed by atoms with E-state index in [9.17, 15) is 4.79 Å². The molecule has 1 amide bonds. The molecule has 0 saturated heterocycles. The van der Waals surface area contributed by atoms with Gasteiger partial charge in [-0.2, -0.15) is 0 Å². The highest BCUT2D eigenvalue weighted by Crippen LogP contribution is 2.25. The Morgan fingerprint density at radius 2 is 2.42 bits per heavy atom. The first-order valence-corrected chi connectivity index (χ1v) is 6.51. The van der Waals surface area contributed by atoms with E-state index in [1.54, 1.807) is 7.05 Å². The lowest BCUT2D eigenvalue weighted by Crippen LogP contribution is -2.30. The highest BCUT2D eigenvalue weighted by molar-refractivity contribution is 5.75. The van der Waals surface area contributed by atoms with Crippen LogP contribution in [0.5, 0.6) is 0 Å². The van der Waals surface area contributed by atoms with Crippen LogP contribution in [0.25, 0.3) is 0 Å². The molecule has 19 heavy (non-hydrogen) atoms. The van der Waals surface area contributed by atoms with Crippen molar-refractivity contribution >= 4 is 5.91 Å². The van der Waals surface area contributed by atoms with E-state index in [2.05, 4.69) is 17.2 Å². The Morgan fingerprint density at radius 3 is 3.11 bits per heavy atom. The maximum atomic E-state index is 11.0. The van der Waals surface area contributed by atoms with E-state index >= 15 is 0 Å². The van der Waals surface area contributed by atoms with Crippen LogP contribution in [0.15, 0.2) is 23.8 Å². The van der Waals surface area contributed by atoms with Crippen LogP contribution in [0, 0.1) is 11.8 Å². The van der Waals surface area contributed by atoms with Crippen molar-refractivity contribution in [1.82, 2.24) is 5.32 Å². The lowest BCUT2D eigenvalue weighted by atomic mass is 9.91. The van der Waals surface area contributed by atoms with Gasteiger partial charge in [0, 0.05) is 38.4 Å². The van der Waals surface area contributed by atoms with Crippen LogP contribution in [-0.4, -0.2) is 31.7 Å². The van der Waals surface area contributed by atoms with Crippen molar-refractivity contribution in [3.8, 4) is 11.8 Å². The maximum absolute atomic E-state index is 11.0. The Balaban J connectivity index is 2.48. The second-order valence-electron chi connectivity index (χ2n) is 4.65. The largest absolute Gasteiger partial charge is 0.370 e. The summed E-state index contributed by atoms with van der Waals surface area (Å²) in [5.41, 5.74) is 6.16. The number of amides is 1. The molecule has 4 heteroatoms. The molecule has 1 atom stereocenters. The zero-order valence-corrected chi connectivity index (χ0v) is 11.7.